The first-order chi connectivity index (χ1) is 12.4. The summed E-state index contributed by atoms with van der Waals surface area (Å²) in [5, 5.41) is 20.6. The van der Waals surface area contributed by atoms with Crippen LogP contribution in [0.3, 0.4) is 0 Å². The molecule has 3 aromatic rings. The van der Waals surface area contributed by atoms with Gasteiger partial charge in [0.1, 0.15) is 0 Å². The molecule has 0 radical (unpaired) electrons. The summed E-state index contributed by atoms with van der Waals surface area (Å²) in [5.41, 5.74) is 7.56. The minimum atomic E-state index is -1.94. The first kappa shape index (κ1) is 18.1. The number of aliphatic hydroxyl groups is 1. The largest absolute Gasteiger partial charge is 0.479 e. The van der Waals surface area contributed by atoms with Crippen LogP contribution in [0.4, 0.5) is 0 Å². The Morgan fingerprint density at radius 1 is 1.08 bits per heavy atom. The van der Waals surface area contributed by atoms with Gasteiger partial charge in [0.2, 0.25) is 0 Å². The van der Waals surface area contributed by atoms with Crippen molar-refractivity contribution in [3.63, 3.8) is 0 Å². The van der Waals surface area contributed by atoms with Gasteiger partial charge in [-0.25, -0.2) is 4.79 Å². The van der Waals surface area contributed by atoms with Crippen LogP contribution in [0, 0.1) is 5.92 Å². The summed E-state index contributed by atoms with van der Waals surface area (Å²) in [6.07, 6.45) is -1.94. The number of nitrogens with two attached hydrogens (primary N) is 1. The van der Waals surface area contributed by atoms with E-state index in [-0.39, 0.29) is 5.69 Å². The third kappa shape index (κ3) is 3.48. The summed E-state index contributed by atoms with van der Waals surface area (Å²) in [6, 6.07) is 14.3. The molecule has 7 heteroatoms. The fraction of sp³-hybridized carbons (Fsp3) is 0.158. The molecule has 1 heterocycles. The highest BCUT2D eigenvalue weighted by atomic mass is 35.5. The number of fused-ring (bicyclic) bond motifs is 1. The number of aliphatic hydroxyl groups excluding tert-OH is 1. The standard InChI is InChI=1S/C19H17ClN2O4/c20-12-6-7-13-11(8-12)9-14(22-13)17(23)15(18(24)19(25)26)16(21)10-4-2-1-3-5-10/h1-9,15-16,18,22,24H,21H2,(H,25,26). The van der Waals surface area contributed by atoms with Crippen LogP contribution < -0.4 is 5.73 Å². The van der Waals surface area contributed by atoms with Crippen molar-refractivity contribution in [2.24, 2.45) is 11.7 Å². The molecule has 134 valence electrons. The number of aromatic amines is 1. The predicted molar refractivity (Wildman–Crippen MR) is 98.1 cm³/mol. The predicted octanol–water partition coefficient (Wildman–Crippen LogP) is 2.77. The minimum Gasteiger partial charge on any atom is -0.479 e. The summed E-state index contributed by atoms with van der Waals surface area (Å²) < 4.78 is 0. The first-order valence-corrected chi connectivity index (χ1v) is 8.30. The highest BCUT2D eigenvalue weighted by molar-refractivity contribution is 6.31. The van der Waals surface area contributed by atoms with E-state index in [1.165, 1.54) is 0 Å². The summed E-state index contributed by atoms with van der Waals surface area (Å²) in [7, 11) is 0. The molecule has 1 aromatic heterocycles. The van der Waals surface area contributed by atoms with E-state index >= 15 is 0 Å². The molecule has 0 spiro atoms. The smallest absolute Gasteiger partial charge is 0.333 e. The topological polar surface area (TPSA) is 116 Å². The number of hydrogen-bond donors (Lipinski definition) is 4. The lowest BCUT2D eigenvalue weighted by Gasteiger charge is -2.25. The van der Waals surface area contributed by atoms with E-state index in [1.807, 2.05) is 0 Å². The zero-order chi connectivity index (χ0) is 18.8. The molecule has 0 amide bonds. The molecular formula is C19H17ClN2O4. The normalized spacial score (nSPS) is 14.7. The van der Waals surface area contributed by atoms with Gasteiger partial charge in [-0.05, 0) is 29.8 Å². The Kier molecular flexibility index (Phi) is 5.08. The molecule has 2 aromatic carbocycles. The minimum absolute atomic E-state index is 0.166. The lowest BCUT2D eigenvalue weighted by atomic mass is 9.84. The molecule has 0 bridgehead atoms. The highest BCUT2D eigenvalue weighted by Crippen LogP contribution is 2.28. The van der Waals surface area contributed by atoms with E-state index in [1.54, 1.807) is 54.6 Å². The van der Waals surface area contributed by atoms with Crippen LogP contribution in [0.5, 0.6) is 0 Å². The van der Waals surface area contributed by atoms with Gasteiger partial charge in [-0.2, -0.15) is 0 Å². The number of carboxylic acid groups (broad SMARTS) is 1. The van der Waals surface area contributed by atoms with Crippen molar-refractivity contribution in [3.05, 3.63) is 70.9 Å². The molecule has 0 aliphatic carbocycles. The number of benzene rings is 2. The fourth-order valence-corrected chi connectivity index (χ4v) is 3.14. The molecule has 0 saturated carbocycles. The van der Waals surface area contributed by atoms with Crippen molar-refractivity contribution in [1.29, 1.82) is 0 Å². The van der Waals surface area contributed by atoms with Crippen molar-refractivity contribution in [3.8, 4) is 0 Å². The molecule has 0 aliphatic heterocycles. The number of Topliss-reactive ketones (excluding diaryl/α,β-unsaturated/α-hetero) is 1. The number of aromatic nitrogens is 1. The number of ketones is 1. The van der Waals surface area contributed by atoms with Crippen molar-refractivity contribution >= 4 is 34.3 Å². The molecule has 3 rings (SSSR count). The van der Waals surface area contributed by atoms with Crippen molar-refractivity contribution < 1.29 is 19.8 Å². The van der Waals surface area contributed by atoms with Gasteiger partial charge in [0.15, 0.2) is 11.9 Å². The van der Waals surface area contributed by atoms with E-state index in [2.05, 4.69) is 4.98 Å². The number of carbonyl (C=O) groups is 2. The lowest BCUT2D eigenvalue weighted by Crippen LogP contribution is -2.42. The van der Waals surface area contributed by atoms with Crippen LogP contribution in [-0.4, -0.2) is 33.1 Å². The van der Waals surface area contributed by atoms with Crippen molar-refractivity contribution in [1.82, 2.24) is 4.98 Å². The van der Waals surface area contributed by atoms with Crippen LogP contribution in [0.25, 0.3) is 10.9 Å². The number of rotatable bonds is 6. The zero-order valence-corrected chi connectivity index (χ0v) is 14.4. The van der Waals surface area contributed by atoms with Crippen LogP contribution >= 0.6 is 11.6 Å². The molecule has 3 atom stereocenters. The number of hydrogen-bond acceptors (Lipinski definition) is 4. The van der Waals surface area contributed by atoms with Crippen LogP contribution in [0.1, 0.15) is 22.1 Å². The Morgan fingerprint density at radius 2 is 1.77 bits per heavy atom. The van der Waals surface area contributed by atoms with Gasteiger partial charge < -0.3 is 20.9 Å². The summed E-state index contributed by atoms with van der Waals surface area (Å²) in [6.45, 7) is 0. The summed E-state index contributed by atoms with van der Waals surface area (Å²) in [4.78, 5) is 27.3. The second-order valence-corrected chi connectivity index (χ2v) is 6.46. The molecule has 0 fully saturated rings. The van der Waals surface area contributed by atoms with Gasteiger partial charge >= 0.3 is 5.97 Å². The monoisotopic (exact) mass is 372 g/mol. The number of halogens is 1. The second kappa shape index (κ2) is 7.29. The maximum absolute atomic E-state index is 13.0. The van der Waals surface area contributed by atoms with E-state index in [0.717, 1.165) is 0 Å². The highest BCUT2D eigenvalue weighted by Gasteiger charge is 2.38. The van der Waals surface area contributed by atoms with E-state index < -0.39 is 29.8 Å². The number of aliphatic carboxylic acids is 1. The zero-order valence-electron chi connectivity index (χ0n) is 13.6. The molecule has 5 N–H and O–H groups in total. The van der Waals surface area contributed by atoms with E-state index in [4.69, 9.17) is 17.3 Å². The van der Waals surface area contributed by atoms with Gasteiger partial charge in [0.05, 0.1) is 11.6 Å². The van der Waals surface area contributed by atoms with Gasteiger partial charge in [0.25, 0.3) is 0 Å². The average Bonchev–Trinajstić information content (AvgIpc) is 3.05. The Labute approximate surface area is 154 Å². The van der Waals surface area contributed by atoms with Crippen LogP contribution in [-0.2, 0) is 4.79 Å². The van der Waals surface area contributed by atoms with Gasteiger partial charge in [-0.15, -0.1) is 0 Å². The quantitative estimate of drug-likeness (QED) is 0.496. The van der Waals surface area contributed by atoms with Gasteiger partial charge in [-0.1, -0.05) is 41.9 Å². The molecule has 6 nitrogen and oxygen atoms in total. The Bertz CT molecular complexity index is 955. The van der Waals surface area contributed by atoms with Crippen LogP contribution in [0.2, 0.25) is 5.02 Å². The Morgan fingerprint density at radius 3 is 2.42 bits per heavy atom. The Balaban J connectivity index is 2.02. The molecule has 0 saturated heterocycles. The maximum Gasteiger partial charge on any atom is 0.333 e. The van der Waals surface area contributed by atoms with Crippen molar-refractivity contribution in [2.45, 2.75) is 12.1 Å². The number of nitrogens with one attached hydrogen (secondary N) is 1. The summed E-state index contributed by atoms with van der Waals surface area (Å²) >= 11 is 5.96. The van der Waals surface area contributed by atoms with Crippen molar-refractivity contribution in [2.75, 3.05) is 0 Å². The maximum atomic E-state index is 13.0. The third-order valence-electron chi connectivity index (χ3n) is 4.32. The number of H-pyrrole nitrogens is 1. The van der Waals surface area contributed by atoms with Gasteiger partial charge in [-0.3, -0.25) is 4.79 Å². The summed E-state index contributed by atoms with van der Waals surface area (Å²) in [5.74, 6) is -3.43. The molecule has 0 aliphatic rings. The van der Waals surface area contributed by atoms with Gasteiger partial charge in [0, 0.05) is 22.0 Å². The third-order valence-corrected chi connectivity index (χ3v) is 4.55. The lowest BCUT2D eigenvalue weighted by molar-refractivity contribution is -0.149. The number of carboxylic acids is 1. The average molecular weight is 373 g/mol. The fourth-order valence-electron chi connectivity index (χ4n) is 2.95. The Hall–Kier alpha value is -2.67. The molecule has 26 heavy (non-hydrogen) atoms. The molecular weight excluding hydrogens is 356 g/mol. The van der Waals surface area contributed by atoms with Crippen LogP contribution in [0.15, 0.2) is 54.6 Å². The van der Waals surface area contributed by atoms with E-state index in [9.17, 15) is 19.8 Å². The number of carbonyl (C=O) groups excluding carboxylic acids is 1. The molecule has 3 unspecified atom stereocenters. The second-order valence-electron chi connectivity index (χ2n) is 6.02. The first-order valence-electron chi connectivity index (χ1n) is 7.92. The SMILES string of the molecule is NC(c1ccccc1)C(C(=O)c1cc2cc(Cl)ccc2[nH]1)C(O)C(=O)O. The van der Waals surface area contributed by atoms with E-state index in [0.29, 0.717) is 21.5 Å².